The molecule has 0 saturated carbocycles. The Hall–Kier alpha value is -1.75. The van der Waals surface area contributed by atoms with E-state index in [0.29, 0.717) is 24.7 Å². The van der Waals surface area contributed by atoms with E-state index in [1.165, 1.54) is 0 Å². The van der Waals surface area contributed by atoms with Crippen LogP contribution in [0.5, 0.6) is 11.5 Å². The topological polar surface area (TPSA) is 56.8 Å². The third kappa shape index (κ3) is 3.88. The van der Waals surface area contributed by atoms with E-state index >= 15 is 0 Å². The van der Waals surface area contributed by atoms with Gasteiger partial charge in [-0.3, -0.25) is 4.79 Å². The summed E-state index contributed by atoms with van der Waals surface area (Å²) in [6.07, 6.45) is 1.59. The van der Waals surface area contributed by atoms with E-state index in [-0.39, 0.29) is 17.9 Å². The predicted octanol–water partition coefficient (Wildman–Crippen LogP) is 2.31. The van der Waals surface area contributed by atoms with Crippen LogP contribution in [0.2, 0.25) is 0 Å². The molecule has 1 aliphatic rings. The fraction of sp³-hybridized carbons (Fsp3) is 0.562. The van der Waals surface area contributed by atoms with Crippen LogP contribution in [-0.2, 0) is 9.53 Å². The van der Waals surface area contributed by atoms with Gasteiger partial charge in [-0.1, -0.05) is 6.07 Å². The first-order chi connectivity index (χ1) is 10.2. The van der Waals surface area contributed by atoms with Gasteiger partial charge in [0.2, 0.25) is 5.91 Å². The van der Waals surface area contributed by atoms with Crippen molar-refractivity contribution >= 4 is 5.91 Å². The Morgan fingerprint density at radius 3 is 2.52 bits per heavy atom. The molecule has 1 atom stereocenters. The molecule has 1 saturated heterocycles. The number of carbonyl (C=O) groups is 1. The summed E-state index contributed by atoms with van der Waals surface area (Å²) in [5, 5.41) is 3.06. The van der Waals surface area contributed by atoms with Gasteiger partial charge in [0.15, 0.2) is 11.5 Å². The summed E-state index contributed by atoms with van der Waals surface area (Å²) in [5.41, 5.74) is 0.994. The molecule has 1 heterocycles. The van der Waals surface area contributed by atoms with Crippen LogP contribution in [0.25, 0.3) is 0 Å². The molecule has 1 aromatic carbocycles. The Bertz CT molecular complexity index is 483. The fourth-order valence-electron chi connectivity index (χ4n) is 2.50. The van der Waals surface area contributed by atoms with Crippen LogP contribution in [0.15, 0.2) is 18.2 Å². The Kier molecular flexibility index (Phi) is 5.44. The highest BCUT2D eigenvalue weighted by atomic mass is 16.5. The minimum atomic E-state index is -0.0693. The smallest absolute Gasteiger partial charge is 0.223 e. The number of amides is 1. The van der Waals surface area contributed by atoms with E-state index in [9.17, 15) is 4.79 Å². The maximum absolute atomic E-state index is 12.2. The third-order valence-corrected chi connectivity index (χ3v) is 3.86. The number of nitrogens with one attached hydrogen (secondary N) is 1. The number of carbonyl (C=O) groups excluding carboxylic acids is 1. The summed E-state index contributed by atoms with van der Waals surface area (Å²) in [4.78, 5) is 12.2. The molecule has 116 valence electrons. The van der Waals surface area contributed by atoms with Crippen molar-refractivity contribution in [1.82, 2.24) is 5.32 Å². The maximum Gasteiger partial charge on any atom is 0.223 e. The normalized spacial score (nSPS) is 17.1. The van der Waals surface area contributed by atoms with Gasteiger partial charge >= 0.3 is 0 Å². The van der Waals surface area contributed by atoms with Crippen molar-refractivity contribution in [2.45, 2.75) is 25.8 Å². The number of methoxy groups -OCH3 is 2. The maximum atomic E-state index is 12.2. The van der Waals surface area contributed by atoms with E-state index in [0.717, 1.165) is 18.4 Å². The van der Waals surface area contributed by atoms with Gasteiger partial charge < -0.3 is 19.5 Å². The van der Waals surface area contributed by atoms with Gasteiger partial charge in [-0.2, -0.15) is 0 Å². The standard InChI is InChI=1S/C16H23NO4/c1-11(17-16(18)12-6-8-21-9-7-12)13-4-5-14(19-2)15(10-13)20-3/h4-5,10-12H,6-9H2,1-3H3,(H,17,18). The predicted molar refractivity (Wildman–Crippen MR) is 79.6 cm³/mol. The molecular weight excluding hydrogens is 270 g/mol. The molecular formula is C16H23NO4. The molecule has 1 unspecified atom stereocenters. The molecule has 0 bridgehead atoms. The molecule has 0 radical (unpaired) electrons. The van der Waals surface area contributed by atoms with Crippen molar-refractivity contribution in [3.63, 3.8) is 0 Å². The zero-order valence-electron chi connectivity index (χ0n) is 12.8. The second-order valence-electron chi connectivity index (χ2n) is 5.23. The van der Waals surface area contributed by atoms with E-state index in [4.69, 9.17) is 14.2 Å². The Balaban J connectivity index is 2.02. The highest BCUT2D eigenvalue weighted by Crippen LogP contribution is 2.30. The molecule has 5 heteroatoms. The molecule has 0 aromatic heterocycles. The van der Waals surface area contributed by atoms with Gasteiger partial charge in [-0.15, -0.1) is 0 Å². The summed E-state index contributed by atoms with van der Waals surface area (Å²) < 4.78 is 15.8. The van der Waals surface area contributed by atoms with Crippen LogP contribution in [0.3, 0.4) is 0 Å². The zero-order valence-corrected chi connectivity index (χ0v) is 12.8. The molecule has 1 amide bonds. The second-order valence-corrected chi connectivity index (χ2v) is 5.23. The van der Waals surface area contributed by atoms with Gasteiger partial charge in [0.05, 0.1) is 20.3 Å². The van der Waals surface area contributed by atoms with Crippen molar-refractivity contribution in [2.24, 2.45) is 5.92 Å². The number of hydrogen-bond acceptors (Lipinski definition) is 4. The number of benzene rings is 1. The number of hydrogen-bond donors (Lipinski definition) is 1. The van der Waals surface area contributed by atoms with Crippen molar-refractivity contribution in [2.75, 3.05) is 27.4 Å². The SMILES string of the molecule is COc1ccc(C(C)NC(=O)C2CCOCC2)cc1OC. The summed E-state index contributed by atoms with van der Waals surface area (Å²) in [6.45, 7) is 3.31. The molecule has 0 spiro atoms. The molecule has 2 rings (SSSR count). The zero-order chi connectivity index (χ0) is 15.2. The Morgan fingerprint density at radius 1 is 1.24 bits per heavy atom. The van der Waals surface area contributed by atoms with Crippen LogP contribution in [0, 0.1) is 5.92 Å². The summed E-state index contributed by atoms with van der Waals surface area (Å²) in [6, 6.07) is 5.62. The Morgan fingerprint density at radius 2 is 1.90 bits per heavy atom. The average Bonchev–Trinajstić information content (AvgIpc) is 2.54. The molecule has 1 fully saturated rings. The van der Waals surface area contributed by atoms with Gasteiger partial charge in [-0.25, -0.2) is 0 Å². The molecule has 1 aliphatic heterocycles. The van der Waals surface area contributed by atoms with Gasteiger partial charge in [0.1, 0.15) is 0 Å². The minimum absolute atomic E-state index is 0.0568. The largest absolute Gasteiger partial charge is 0.493 e. The quantitative estimate of drug-likeness (QED) is 0.905. The first-order valence-electron chi connectivity index (χ1n) is 7.25. The van der Waals surface area contributed by atoms with E-state index in [1.54, 1.807) is 14.2 Å². The lowest BCUT2D eigenvalue weighted by atomic mass is 9.98. The third-order valence-electron chi connectivity index (χ3n) is 3.86. The van der Waals surface area contributed by atoms with E-state index in [2.05, 4.69) is 5.32 Å². The van der Waals surface area contributed by atoms with Crippen molar-refractivity contribution < 1.29 is 19.0 Å². The van der Waals surface area contributed by atoms with Crippen LogP contribution < -0.4 is 14.8 Å². The molecule has 0 aliphatic carbocycles. The van der Waals surface area contributed by atoms with Crippen LogP contribution in [-0.4, -0.2) is 33.3 Å². The van der Waals surface area contributed by atoms with Crippen molar-refractivity contribution in [3.05, 3.63) is 23.8 Å². The van der Waals surface area contributed by atoms with Crippen LogP contribution in [0.1, 0.15) is 31.4 Å². The highest BCUT2D eigenvalue weighted by molar-refractivity contribution is 5.79. The fourth-order valence-corrected chi connectivity index (χ4v) is 2.50. The van der Waals surface area contributed by atoms with Crippen molar-refractivity contribution in [3.8, 4) is 11.5 Å². The molecule has 1 N–H and O–H groups in total. The first-order valence-corrected chi connectivity index (χ1v) is 7.25. The second kappa shape index (κ2) is 7.31. The lowest BCUT2D eigenvalue weighted by Crippen LogP contribution is -2.35. The lowest BCUT2D eigenvalue weighted by Gasteiger charge is -2.24. The summed E-state index contributed by atoms with van der Waals surface area (Å²) in [7, 11) is 3.21. The number of ether oxygens (including phenoxy) is 3. The van der Waals surface area contributed by atoms with Gasteiger partial charge in [0.25, 0.3) is 0 Å². The molecule has 5 nitrogen and oxygen atoms in total. The highest BCUT2D eigenvalue weighted by Gasteiger charge is 2.23. The Labute approximate surface area is 125 Å². The van der Waals surface area contributed by atoms with Gasteiger partial charge in [-0.05, 0) is 37.5 Å². The average molecular weight is 293 g/mol. The summed E-state index contributed by atoms with van der Waals surface area (Å²) in [5.74, 6) is 1.51. The first kappa shape index (κ1) is 15.6. The summed E-state index contributed by atoms with van der Waals surface area (Å²) >= 11 is 0. The monoisotopic (exact) mass is 293 g/mol. The lowest BCUT2D eigenvalue weighted by molar-refractivity contribution is -0.128. The molecule has 21 heavy (non-hydrogen) atoms. The van der Waals surface area contributed by atoms with Crippen LogP contribution in [0.4, 0.5) is 0 Å². The van der Waals surface area contributed by atoms with E-state index in [1.807, 2.05) is 25.1 Å². The van der Waals surface area contributed by atoms with Crippen molar-refractivity contribution in [1.29, 1.82) is 0 Å². The van der Waals surface area contributed by atoms with Gasteiger partial charge in [0, 0.05) is 19.1 Å². The van der Waals surface area contributed by atoms with Crippen LogP contribution >= 0.6 is 0 Å². The number of rotatable bonds is 5. The van der Waals surface area contributed by atoms with E-state index < -0.39 is 0 Å². The molecule has 1 aromatic rings. The minimum Gasteiger partial charge on any atom is -0.493 e.